The minimum Gasteiger partial charge on any atom is -0.542 e. The molecule has 17 heteroatoms. The second kappa shape index (κ2) is 13.3. The summed E-state index contributed by atoms with van der Waals surface area (Å²) < 4.78 is 86.0. The van der Waals surface area contributed by atoms with Gasteiger partial charge in [0.2, 0.25) is 0 Å². The number of carbonyl (C=O) groups is 3. The van der Waals surface area contributed by atoms with Crippen molar-refractivity contribution in [3.63, 3.8) is 0 Å². The first-order valence-corrected chi connectivity index (χ1v) is 12.3. The summed E-state index contributed by atoms with van der Waals surface area (Å²) in [6.07, 6.45) is -9.62. The largest absolute Gasteiger partial charge is 0.542 e. The van der Waals surface area contributed by atoms with E-state index in [1.165, 1.54) is 37.2 Å². The lowest BCUT2D eigenvalue weighted by atomic mass is 10.0. The zero-order chi connectivity index (χ0) is 32.2. The molecule has 2 N–H and O–H groups in total. The molecule has 2 heterocycles. The fourth-order valence-electron chi connectivity index (χ4n) is 4.08. The number of quaternary nitrogens is 1. The van der Waals surface area contributed by atoms with Gasteiger partial charge in [0.25, 0.3) is 23.4 Å². The van der Waals surface area contributed by atoms with Crippen molar-refractivity contribution >= 4 is 17.8 Å². The number of nitrogens with one attached hydrogen (secondary N) is 2. The van der Waals surface area contributed by atoms with Gasteiger partial charge in [0.1, 0.15) is 11.8 Å². The Balaban J connectivity index is 0.000000782. The van der Waals surface area contributed by atoms with Gasteiger partial charge in [-0.15, -0.1) is 0 Å². The van der Waals surface area contributed by atoms with Crippen molar-refractivity contribution in [2.75, 3.05) is 40.3 Å². The molecule has 0 aliphatic carbocycles. The Morgan fingerprint density at radius 2 is 1.52 bits per heavy atom. The number of hydrogen-bond donors (Lipinski definition) is 2. The Bertz CT molecular complexity index is 1370. The number of aromatic nitrogens is 2. The molecule has 1 unspecified atom stereocenters. The summed E-state index contributed by atoms with van der Waals surface area (Å²) in [5.74, 6) is -5.39. The smallest absolute Gasteiger partial charge is 0.451 e. The summed E-state index contributed by atoms with van der Waals surface area (Å²) in [5, 5.41) is 15.2. The van der Waals surface area contributed by atoms with Crippen LogP contribution in [-0.4, -0.2) is 96.4 Å². The summed E-state index contributed by atoms with van der Waals surface area (Å²) in [5.41, 5.74) is 1.93. The first-order valence-electron chi connectivity index (χ1n) is 12.3. The number of nitrogens with zero attached hydrogens (tertiary/aromatic N) is 3. The van der Waals surface area contributed by atoms with Crippen LogP contribution in [0.15, 0.2) is 23.0 Å². The molecule has 1 atom stereocenters. The van der Waals surface area contributed by atoms with E-state index in [0.717, 1.165) is 4.90 Å². The number of piperazine rings is 1. The zero-order valence-corrected chi connectivity index (χ0v) is 22.9. The van der Waals surface area contributed by atoms with Crippen molar-refractivity contribution in [2.24, 2.45) is 0 Å². The number of aromatic amines is 1. The number of halogens is 7. The maximum Gasteiger partial charge on any atom is 0.451 e. The van der Waals surface area contributed by atoms with E-state index in [-0.39, 0.29) is 48.6 Å². The standard InChI is InChI=1S/C23H27F4N5O3.C2HF3O2/c1-13-14(2)20(33)29-28-18(13)12-15-5-6-17(24)16(11-15)21(34)31-7-9-32(10-8-31)22(35)19(30(3)4)23(25,26)27;3-2(4,5)1(6)7/h5-6,11,19H,7-10,12H2,1-4H3,(H,29,33);(H,6,7). The highest BCUT2D eigenvalue weighted by Crippen LogP contribution is 2.22. The number of hydrogen-bond acceptors (Lipinski definition) is 6. The van der Waals surface area contributed by atoms with Crippen LogP contribution in [0.25, 0.3) is 0 Å². The number of benzene rings is 1. The third-order valence-corrected chi connectivity index (χ3v) is 6.52. The molecule has 0 radical (unpaired) electrons. The monoisotopic (exact) mass is 611 g/mol. The molecular formula is C25H28F7N5O5. The summed E-state index contributed by atoms with van der Waals surface area (Å²) in [6, 6.07) is 1.91. The third kappa shape index (κ3) is 8.50. The van der Waals surface area contributed by atoms with Gasteiger partial charge in [0.05, 0.1) is 25.4 Å². The molecule has 1 saturated heterocycles. The number of carbonyl (C=O) groups excluding carboxylic acids is 3. The number of amides is 2. The molecule has 42 heavy (non-hydrogen) atoms. The highest BCUT2D eigenvalue weighted by atomic mass is 19.4. The number of likely N-dealkylation sites (N-methyl/N-ethyl adjacent to an activating group) is 1. The van der Waals surface area contributed by atoms with Gasteiger partial charge in [-0.2, -0.15) is 31.4 Å². The van der Waals surface area contributed by atoms with Crippen LogP contribution >= 0.6 is 0 Å². The second-order valence-corrected chi connectivity index (χ2v) is 9.70. The minimum atomic E-state index is -5.19. The summed E-state index contributed by atoms with van der Waals surface area (Å²) in [4.78, 5) is 48.3. The van der Waals surface area contributed by atoms with E-state index in [2.05, 4.69) is 10.2 Å². The number of carboxylic acids is 1. The number of alkyl halides is 6. The fourth-order valence-corrected chi connectivity index (χ4v) is 4.08. The summed E-state index contributed by atoms with van der Waals surface area (Å²) in [6.45, 7) is 3.24. The Kier molecular flexibility index (Phi) is 10.8. The van der Waals surface area contributed by atoms with Gasteiger partial charge in [-0.25, -0.2) is 9.49 Å². The lowest BCUT2D eigenvalue weighted by Gasteiger charge is -2.37. The Labute approximate surface area is 234 Å². The van der Waals surface area contributed by atoms with E-state index in [9.17, 15) is 45.1 Å². The number of rotatable bonds is 5. The molecule has 0 bridgehead atoms. The highest BCUT2D eigenvalue weighted by molar-refractivity contribution is 5.95. The molecule has 3 rings (SSSR count). The number of aliphatic carboxylic acids is 1. The molecule has 1 aliphatic rings. The normalized spacial score (nSPS) is 14.8. The van der Waals surface area contributed by atoms with Gasteiger partial charge in [-0.3, -0.25) is 14.4 Å². The van der Waals surface area contributed by atoms with Crippen LogP contribution in [-0.2, 0) is 16.0 Å². The quantitative estimate of drug-likeness (QED) is 0.450. The van der Waals surface area contributed by atoms with Gasteiger partial charge < -0.3 is 24.6 Å². The Hall–Kier alpha value is -4.02. The van der Waals surface area contributed by atoms with Gasteiger partial charge in [-0.1, -0.05) is 6.07 Å². The van der Waals surface area contributed by atoms with Crippen LogP contribution in [0.1, 0.15) is 32.7 Å². The molecule has 2 amide bonds. The van der Waals surface area contributed by atoms with Crippen LogP contribution in [0.5, 0.6) is 0 Å². The van der Waals surface area contributed by atoms with Crippen LogP contribution in [0.3, 0.4) is 0 Å². The average molecular weight is 612 g/mol. The third-order valence-electron chi connectivity index (χ3n) is 6.52. The first kappa shape index (κ1) is 34.2. The van der Waals surface area contributed by atoms with Crippen molar-refractivity contribution in [2.45, 2.75) is 38.7 Å². The van der Waals surface area contributed by atoms with E-state index in [1.54, 1.807) is 13.8 Å². The molecule has 1 aromatic carbocycles. The number of carboxylic acid groups (broad SMARTS) is 1. The molecule has 0 saturated carbocycles. The zero-order valence-electron chi connectivity index (χ0n) is 22.9. The molecule has 232 valence electrons. The average Bonchev–Trinajstić information content (AvgIpc) is 2.88. The molecular weight excluding hydrogens is 583 g/mol. The van der Waals surface area contributed by atoms with Crippen molar-refractivity contribution < 1.29 is 55.1 Å². The van der Waals surface area contributed by atoms with Gasteiger partial charge in [-0.05, 0) is 37.1 Å². The van der Waals surface area contributed by atoms with E-state index in [1.807, 2.05) is 0 Å². The maximum atomic E-state index is 14.5. The fraction of sp³-hybridized carbons (Fsp3) is 0.480. The van der Waals surface area contributed by atoms with E-state index < -0.39 is 42.0 Å². The van der Waals surface area contributed by atoms with Crippen LogP contribution in [0, 0.1) is 19.7 Å². The minimum absolute atomic E-state index is 0.0125. The van der Waals surface area contributed by atoms with Crippen LogP contribution < -0.4 is 15.6 Å². The SMILES string of the molecule is Cc1c(Cc2ccc(F)c(C(=O)N3CCN(C(=O)C([NH+](C)C)C(F)(F)F)CC3)c2)n[nH]c(=O)c1C.O=C([O-])C(F)(F)F. The topological polar surface area (TPSA) is 131 Å². The van der Waals surface area contributed by atoms with Crippen molar-refractivity contribution in [1.29, 1.82) is 0 Å². The lowest BCUT2D eigenvalue weighted by Crippen LogP contribution is -3.13. The highest BCUT2D eigenvalue weighted by Gasteiger charge is 2.52. The van der Waals surface area contributed by atoms with E-state index >= 15 is 0 Å². The maximum absolute atomic E-state index is 14.5. The molecule has 10 nitrogen and oxygen atoms in total. The van der Waals surface area contributed by atoms with Gasteiger partial charge in [0.15, 0.2) is 0 Å². The van der Waals surface area contributed by atoms with E-state index in [4.69, 9.17) is 9.90 Å². The van der Waals surface area contributed by atoms with Crippen molar-refractivity contribution in [3.05, 3.63) is 62.3 Å². The van der Waals surface area contributed by atoms with Gasteiger partial charge in [0, 0.05) is 38.2 Å². The summed E-state index contributed by atoms with van der Waals surface area (Å²) in [7, 11) is 2.52. The lowest BCUT2D eigenvalue weighted by molar-refractivity contribution is -0.888. The predicted octanol–water partition coefficient (Wildman–Crippen LogP) is -0.225. The first-order chi connectivity index (χ1) is 19.2. The van der Waals surface area contributed by atoms with E-state index in [0.29, 0.717) is 22.4 Å². The van der Waals surface area contributed by atoms with Crippen molar-refractivity contribution in [3.8, 4) is 0 Å². The van der Waals surface area contributed by atoms with Crippen molar-refractivity contribution in [1.82, 2.24) is 20.0 Å². The Morgan fingerprint density at radius 3 is 2.00 bits per heavy atom. The predicted molar refractivity (Wildman–Crippen MR) is 130 cm³/mol. The second-order valence-electron chi connectivity index (χ2n) is 9.70. The Morgan fingerprint density at radius 1 is 1.00 bits per heavy atom. The molecule has 1 fully saturated rings. The molecule has 1 aliphatic heterocycles. The van der Waals surface area contributed by atoms with Crippen LogP contribution in [0.2, 0.25) is 0 Å². The molecule has 0 spiro atoms. The number of H-pyrrole nitrogens is 1. The van der Waals surface area contributed by atoms with Crippen LogP contribution in [0.4, 0.5) is 30.7 Å². The summed E-state index contributed by atoms with van der Waals surface area (Å²) >= 11 is 0. The molecule has 1 aromatic heterocycles. The molecule has 2 aromatic rings. The van der Waals surface area contributed by atoms with Gasteiger partial charge >= 0.3 is 12.4 Å².